The molecule has 3 N–H and O–H groups in total. The zero-order chi connectivity index (χ0) is 15.0. The Balaban J connectivity index is 1.51. The van der Waals surface area contributed by atoms with Gasteiger partial charge in [-0.2, -0.15) is 0 Å². The Kier molecular flexibility index (Phi) is 4.06. The Hall–Kier alpha value is -1.30. The lowest BCUT2D eigenvalue weighted by Crippen LogP contribution is -2.54. The van der Waals surface area contributed by atoms with E-state index in [1.807, 2.05) is 11.8 Å². The van der Waals surface area contributed by atoms with Gasteiger partial charge in [0.15, 0.2) is 5.84 Å². The Morgan fingerprint density at radius 1 is 1.19 bits per heavy atom. The predicted octanol–water partition coefficient (Wildman–Crippen LogP) is 0.702. The van der Waals surface area contributed by atoms with Gasteiger partial charge in [-0.1, -0.05) is 18.0 Å². The van der Waals surface area contributed by atoms with E-state index in [0.717, 1.165) is 26.2 Å². The van der Waals surface area contributed by atoms with Crippen LogP contribution in [0.2, 0.25) is 0 Å². The van der Waals surface area contributed by atoms with Gasteiger partial charge in [0.05, 0.1) is 6.04 Å². The second kappa shape index (κ2) is 5.83. The maximum Gasteiger partial charge on any atom is 0.226 e. The minimum Gasteiger partial charge on any atom is -0.409 e. The van der Waals surface area contributed by atoms with E-state index in [-0.39, 0.29) is 11.9 Å². The van der Waals surface area contributed by atoms with Crippen LogP contribution < -0.4 is 5.73 Å². The van der Waals surface area contributed by atoms with E-state index in [0.29, 0.717) is 23.7 Å². The molecule has 0 spiro atoms. The first-order valence-electron chi connectivity index (χ1n) is 8.13. The monoisotopic (exact) mass is 294 g/mol. The number of carbonyl (C=O) groups is 1. The molecule has 1 aliphatic heterocycles. The van der Waals surface area contributed by atoms with Gasteiger partial charge in [-0.3, -0.25) is 9.69 Å². The van der Waals surface area contributed by atoms with Crippen LogP contribution in [0.25, 0.3) is 0 Å². The van der Waals surface area contributed by atoms with Gasteiger partial charge >= 0.3 is 0 Å². The van der Waals surface area contributed by atoms with E-state index in [9.17, 15) is 4.79 Å². The number of hydrogen-bond donors (Lipinski definition) is 2. The van der Waals surface area contributed by atoms with Gasteiger partial charge in [0.25, 0.3) is 0 Å². The fraction of sp³-hybridized carbons (Fsp3) is 0.867. The van der Waals surface area contributed by atoms with Crippen molar-refractivity contribution in [3.05, 3.63) is 0 Å². The lowest BCUT2D eigenvalue weighted by Gasteiger charge is -2.37. The van der Waals surface area contributed by atoms with Gasteiger partial charge in [-0.15, -0.1) is 0 Å². The molecule has 118 valence electrons. The van der Waals surface area contributed by atoms with Crippen LogP contribution in [0, 0.1) is 17.8 Å². The van der Waals surface area contributed by atoms with Crippen molar-refractivity contribution in [1.82, 2.24) is 9.80 Å². The van der Waals surface area contributed by atoms with Crippen LogP contribution in [0.3, 0.4) is 0 Å². The molecular formula is C15H26N4O2. The van der Waals surface area contributed by atoms with Gasteiger partial charge in [0, 0.05) is 32.1 Å². The van der Waals surface area contributed by atoms with Crippen molar-refractivity contribution in [1.29, 1.82) is 0 Å². The van der Waals surface area contributed by atoms with Crippen molar-refractivity contribution in [3.63, 3.8) is 0 Å². The summed E-state index contributed by atoms with van der Waals surface area (Å²) in [6.45, 7) is 5.05. The van der Waals surface area contributed by atoms with Crippen LogP contribution in [0.5, 0.6) is 0 Å². The summed E-state index contributed by atoms with van der Waals surface area (Å²) in [5, 5.41) is 11.8. The normalized spacial score (nSPS) is 35.2. The standard InChI is InChI=1S/C15H26N4O2/c1-10(14(16)17-21)18-6-8-19(9-7-18)15(20)13-11-4-2-3-5-12(11)13/h10-13,21H,2-9H2,1H3,(H2,16,17). The third-order valence-corrected chi connectivity index (χ3v) is 5.66. The fourth-order valence-electron chi connectivity index (χ4n) is 4.17. The zero-order valence-corrected chi connectivity index (χ0v) is 12.7. The zero-order valence-electron chi connectivity index (χ0n) is 12.7. The number of amidine groups is 1. The highest BCUT2D eigenvalue weighted by Gasteiger charge is 2.55. The van der Waals surface area contributed by atoms with Crippen molar-refractivity contribution >= 4 is 11.7 Å². The van der Waals surface area contributed by atoms with Gasteiger partial charge < -0.3 is 15.8 Å². The first kappa shape index (κ1) is 14.6. The maximum absolute atomic E-state index is 12.6. The van der Waals surface area contributed by atoms with E-state index < -0.39 is 0 Å². The first-order chi connectivity index (χ1) is 10.1. The van der Waals surface area contributed by atoms with Crippen LogP contribution in [-0.2, 0) is 4.79 Å². The molecule has 1 amide bonds. The molecule has 6 nitrogen and oxygen atoms in total. The van der Waals surface area contributed by atoms with Gasteiger partial charge in [-0.05, 0) is 31.6 Å². The largest absolute Gasteiger partial charge is 0.409 e. The van der Waals surface area contributed by atoms with Crippen LogP contribution in [0.15, 0.2) is 5.16 Å². The summed E-state index contributed by atoms with van der Waals surface area (Å²) >= 11 is 0. The van der Waals surface area contributed by atoms with Crippen molar-refractivity contribution in [2.24, 2.45) is 28.6 Å². The Labute approximate surface area is 125 Å². The summed E-state index contributed by atoms with van der Waals surface area (Å²) in [4.78, 5) is 16.8. The van der Waals surface area contributed by atoms with Gasteiger partial charge in [0.1, 0.15) is 0 Å². The molecule has 3 aliphatic rings. The number of nitrogens with zero attached hydrogens (tertiary/aromatic N) is 3. The highest BCUT2D eigenvalue weighted by atomic mass is 16.4. The molecule has 3 fully saturated rings. The van der Waals surface area contributed by atoms with Gasteiger partial charge in [-0.25, -0.2) is 0 Å². The molecule has 0 aromatic carbocycles. The van der Waals surface area contributed by atoms with Crippen molar-refractivity contribution in [2.45, 2.75) is 38.6 Å². The Morgan fingerprint density at radius 2 is 1.76 bits per heavy atom. The molecular weight excluding hydrogens is 268 g/mol. The molecule has 1 heterocycles. The second-order valence-electron chi connectivity index (χ2n) is 6.70. The van der Waals surface area contributed by atoms with Crippen LogP contribution >= 0.6 is 0 Å². The highest BCUT2D eigenvalue weighted by molar-refractivity contribution is 5.85. The predicted molar refractivity (Wildman–Crippen MR) is 80.0 cm³/mol. The highest BCUT2D eigenvalue weighted by Crippen LogP contribution is 2.56. The van der Waals surface area contributed by atoms with Crippen molar-refractivity contribution in [3.8, 4) is 0 Å². The van der Waals surface area contributed by atoms with E-state index in [2.05, 4.69) is 10.1 Å². The molecule has 3 rings (SSSR count). The van der Waals surface area contributed by atoms with E-state index in [4.69, 9.17) is 10.9 Å². The lowest BCUT2D eigenvalue weighted by molar-refractivity contribution is -0.135. The number of hydrogen-bond acceptors (Lipinski definition) is 4. The Bertz CT molecular complexity index is 419. The third-order valence-electron chi connectivity index (χ3n) is 5.66. The van der Waals surface area contributed by atoms with E-state index in [1.54, 1.807) is 0 Å². The van der Waals surface area contributed by atoms with E-state index in [1.165, 1.54) is 25.7 Å². The maximum atomic E-state index is 12.6. The minimum atomic E-state index is -0.0734. The molecule has 0 aromatic rings. The summed E-state index contributed by atoms with van der Waals surface area (Å²) in [6.07, 6.45) is 5.11. The summed E-state index contributed by atoms with van der Waals surface area (Å²) in [7, 11) is 0. The summed E-state index contributed by atoms with van der Waals surface area (Å²) in [6, 6.07) is -0.0734. The number of amides is 1. The summed E-state index contributed by atoms with van der Waals surface area (Å²) < 4.78 is 0. The molecule has 0 radical (unpaired) electrons. The minimum absolute atomic E-state index is 0.0734. The average Bonchev–Trinajstić information content (AvgIpc) is 3.27. The molecule has 2 saturated carbocycles. The molecule has 6 heteroatoms. The molecule has 1 saturated heterocycles. The number of nitrogens with two attached hydrogens (primary N) is 1. The van der Waals surface area contributed by atoms with Crippen molar-refractivity contribution in [2.75, 3.05) is 26.2 Å². The number of carbonyl (C=O) groups excluding carboxylic acids is 1. The topological polar surface area (TPSA) is 82.2 Å². The third kappa shape index (κ3) is 2.73. The first-order valence-corrected chi connectivity index (χ1v) is 8.13. The van der Waals surface area contributed by atoms with Crippen LogP contribution in [0.4, 0.5) is 0 Å². The fourth-order valence-corrected chi connectivity index (χ4v) is 4.17. The van der Waals surface area contributed by atoms with E-state index >= 15 is 0 Å². The number of piperazine rings is 1. The molecule has 21 heavy (non-hydrogen) atoms. The molecule has 0 aromatic heterocycles. The summed E-state index contributed by atoms with van der Waals surface area (Å²) in [5.41, 5.74) is 5.66. The molecule has 3 unspecified atom stereocenters. The van der Waals surface area contributed by atoms with Gasteiger partial charge in [0.2, 0.25) is 5.91 Å². The Morgan fingerprint density at radius 3 is 2.29 bits per heavy atom. The second-order valence-corrected chi connectivity index (χ2v) is 6.70. The van der Waals surface area contributed by atoms with Crippen LogP contribution in [-0.4, -0.2) is 59.0 Å². The smallest absolute Gasteiger partial charge is 0.226 e. The number of fused-ring (bicyclic) bond motifs is 1. The SMILES string of the molecule is CC(C(N)=NO)N1CCN(C(=O)C2C3CCCCC32)CC1. The molecule has 0 bridgehead atoms. The summed E-state index contributed by atoms with van der Waals surface area (Å²) in [5.74, 6) is 2.30. The quantitative estimate of drug-likeness (QED) is 0.347. The van der Waals surface area contributed by atoms with Crippen LogP contribution in [0.1, 0.15) is 32.6 Å². The number of rotatable bonds is 3. The molecule has 3 atom stereocenters. The number of oxime groups is 1. The molecule has 2 aliphatic carbocycles. The lowest BCUT2D eigenvalue weighted by atomic mass is 10.0. The van der Waals surface area contributed by atoms with Crippen molar-refractivity contribution < 1.29 is 10.0 Å². The average molecular weight is 294 g/mol.